The van der Waals surface area contributed by atoms with Gasteiger partial charge in [-0.05, 0) is 37.2 Å². The largest absolute Gasteiger partial charge is 0.352 e. The quantitative estimate of drug-likeness (QED) is 0.645. The van der Waals surface area contributed by atoms with Gasteiger partial charge in [0.05, 0.1) is 5.39 Å². The average molecular weight is 435 g/mol. The molecule has 0 bridgehead atoms. The number of nitrogens with zero attached hydrogens (tertiary/aromatic N) is 4. The Balaban J connectivity index is 1.70. The predicted octanol–water partition coefficient (Wildman–Crippen LogP) is 4.61. The number of fused-ring (bicyclic) bond motifs is 3. The Morgan fingerprint density at radius 3 is 2.72 bits per heavy atom. The highest BCUT2D eigenvalue weighted by Crippen LogP contribution is 2.41. The molecular weight excluding hydrogens is 404 g/mol. The second kappa shape index (κ2) is 8.76. The monoisotopic (exact) mass is 434 g/mol. The van der Waals surface area contributed by atoms with E-state index in [2.05, 4.69) is 25.7 Å². The van der Waals surface area contributed by atoms with E-state index in [4.69, 9.17) is 21.6 Å². The van der Waals surface area contributed by atoms with Crippen LogP contribution in [0.4, 0.5) is 5.82 Å². The molecule has 0 unspecified atom stereocenters. The van der Waals surface area contributed by atoms with Crippen molar-refractivity contribution in [1.29, 1.82) is 0 Å². The number of carbonyl (C=O) groups excluding carboxylic acids is 1. The predicted molar refractivity (Wildman–Crippen MR) is 121 cm³/mol. The van der Waals surface area contributed by atoms with Crippen LogP contribution in [0.25, 0.3) is 10.2 Å². The number of alkyl halides is 1. The maximum Gasteiger partial charge on any atom is 0.223 e. The van der Waals surface area contributed by atoms with Crippen molar-refractivity contribution in [2.75, 3.05) is 37.0 Å². The lowest BCUT2D eigenvalue weighted by Gasteiger charge is -2.36. The molecule has 4 rings (SSSR count). The van der Waals surface area contributed by atoms with Crippen molar-refractivity contribution in [3.63, 3.8) is 0 Å². The minimum atomic E-state index is 0.162. The first kappa shape index (κ1) is 20.9. The van der Waals surface area contributed by atoms with Gasteiger partial charge < -0.3 is 9.80 Å². The lowest BCUT2D eigenvalue weighted by molar-refractivity contribution is -0.131. The van der Waals surface area contributed by atoms with E-state index in [0.29, 0.717) is 18.2 Å². The normalized spacial score (nSPS) is 20.8. The highest BCUT2D eigenvalue weighted by Gasteiger charge is 2.29. The van der Waals surface area contributed by atoms with Crippen molar-refractivity contribution in [2.45, 2.75) is 58.8 Å². The minimum Gasteiger partial charge on any atom is -0.352 e. The molecule has 0 aromatic carbocycles. The third-order valence-corrected chi connectivity index (χ3v) is 7.78. The summed E-state index contributed by atoms with van der Waals surface area (Å²) in [5.41, 5.74) is 1.48. The topological polar surface area (TPSA) is 49.3 Å². The number of aryl methyl sites for hydroxylation is 1. The van der Waals surface area contributed by atoms with Gasteiger partial charge in [-0.1, -0.05) is 20.8 Å². The number of anilines is 1. The first-order chi connectivity index (χ1) is 14.0. The Morgan fingerprint density at radius 1 is 1.28 bits per heavy atom. The highest BCUT2D eigenvalue weighted by atomic mass is 35.5. The molecule has 2 atom stereocenters. The Kier molecular flexibility index (Phi) is 6.30. The Hall–Kier alpha value is -1.40. The summed E-state index contributed by atoms with van der Waals surface area (Å²) in [7, 11) is 0. The van der Waals surface area contributed by atoms with Crippen molar-refractivity contribution < 1.29 is 4.79 Å². The van der Waals surface area contributed by atoms with E-state index in [9.17, 15) is 4.79 Å². The number of hydrogen-bond donors (Lipinski definition) is 0. The third-order valence-electron chi connectivity index (χ3n) is 6.45. The number of thiophene rings is 1. The summed E-state index contributed by atoms with van der Waals surface area (Å²) in [5.74, 6) is 3.71. The number of rotatable bonds is 5. The first-order valence-electron chi connectivity index (χ1n) is 10.9. The summed E-state index contributed by atoms with van der Waals surface area (Å²) in [5, 5.41) is 1.28. The fraction of sp³-hybridized carbons (Fsp3) is 0.682. The Labute approximate surface area is 182 Å². The molecule has 7 heteroatoms. The van der Waals surface area contributed by atoms with Crippen LogP contribution in [0.2, 0.25) is 0 Å². The third kappa shape index (κ3) is 4.11. The zero-order valence-corrected chi connectivity index (χ0v) is 19.3. The van der Waals surface area contributed by atoms with Crippen LogP contribution in [0.15, 0.2) is 0 Å². The average Bonchev–Trinajstić information content (AvgIpc) is 3.10. The van der Waals surface area contributed by atoms with Gasteiger partial charge in [-0.2, -0.15) is 0 Å². The van der Waals surface area contributed by atoms with Crippen LogP contribution in [-0.4, -0.2) is 52.8 Å². The summed E-state index contributed by atoms with van der Waals surface area (Å²) in [6.07, 6.45) is 4.99. The maximum atomic E-state index is 12.2. The van der Waals surface area contributed by atoms with Crippen LogP contribution in [0, 0.1) is 5.92 Å². The van der Waals surface area contributed by atoms with E-state index in [1.54, 1.807) is 0 Å². The smallest absolute Gasteiger partial charge is 0.223 e. The molecule has 158 valence electrons. The molecule has 5 nitrogen and oxygen atoms in total. The zero-order valence-electron chi connectivity index (χ0n) is 17.7. The fourth-order valence-electron chi connectivity index (χ4n) is 4.38. The van der Waals surface area contributed by atoms with Crippen LogP contribution in [0.5, 0.6) is 0 Å². The summed E-state index contributed by atoms with van der Waals surface area (Å²) in [4.78, 5) is 29.3. The molecule has 0 spiro atoms. The molecule has 2 aromatic heterocycles. The summed E-state index contributed by atoms with van der Waals surface area (Å²) in [6, 6.07) is 0. The molecule has 0 radical (unpaired) electrons. The number of amides is 1. The SMILES string of the molecule is CC[C@H](C)c1nc(N2CCN(C(=O)CCCl)CC2)c2c3c(sc2n1)C[C@H](C)CC3. The van der Waals surface area contributed by atoms with Gasteiger partial charge >= 0.3 is 0 Å². The maximum absolute atomic E-state index is 12.2. The Bertz CT molecular complexity index is 891. The van der Waals surface area contributed by atoms with E-state index in [-0.39, 0.29) is 5.91 Å². The van der Waals surface area contributed by atoms with Gasteiger partial charge in [0.1, 0.15) is 16.5 Å². The first-order valence-corrected chi connectivity index (χ1v) is 12.3. The van der Waals surface area contributed by atoms with Crippen molar-refractivity contribution in [2.24, 2.45) is 5.92 Å². The van der Waals surface area contributed by atoms with Crippen LogP contribution >= 0.6 is 22.9 Å². The number of piperazine rings is 1. The van der Waals surface area contributed by atoms with Gasteiger partial charge in [0.15, 0.2) is 0 Å². The molecule has 29 heavy (non-hydrogen) atoms. The van der Waals surface area contributed by atoms with Crippen molar-refractivity contribution in [1.82, 2.24) is 14.9 Å². The molecule has 1 aliphatic heterocycles. The Morgan fingerprint density at radius 2 is 2.03 bits per heavy atom. The summed E-state index contributed by atoms with van der Waals surface area (Å²) in [6.45, 7) is 9.87. The zero-order chi connectivity index (χ0) is 20.5. The lowest BCUT2D eigenvalue weighted by Crippen LogP contribution is -2.49. The molecule has 3 heterocycles. The lowest BCUT2D eigenvalue weighted by atomic mass is 9.89. The fourth-order valence-corrected chi connectivity index (χ4v) is 5.92. The second-order valence-corrected chi connectivity index (χ2v) is 10.0. The van der Waals surface area contributed by atoms with Crippen LogP contribution in [-0.2, 0) is 17.6 Å². The van der Waals surface area contributed by atoms with E-state index in [0.717, 1.165) is 67.8 Å². The minimum absolute atomic E-state index is 0.162. The van der Waals surface area contributed by atoms with Gasteiger partial charge in [-0.25, -0.2) is 9.97 Å². The van der Waals surface area contributed by atoms with Crippen molar-refractivity contribution in [3.8, 4) is 0 Å². The highest BCUT2D eigenvalue weighted by molar-refractivity contribution is 7.19. The molecule has 0 saturated carbocycles. The number of halogens is 1. The summed E-state index contributed by atoms with van der Waals surface area (Å²) < 4.78 is 0. The van der Waals surface area contributed by atoms with E-state index in [1.807, 2.05) is 16.2 Å². The number of hydrogen-bond acceptors (Lipinski definition) is 5. The molecule has 1 aliphatic carbocycles. The van der Waals surface area contributed by atoms with Gasteiger partial charge in [0.25, 0.3) is 0 Å². The standard InChI is InChI=1S/C22H31ClN4OS/c1-4-15(3)20-24-21(27-11-9-26(10-12-27)18(28)7-8-23)19-16-6-5-14(2)13-17(16)29-22(19)25-20/h14-15H,4-13H2,1-3H3/t14-,15+/m1/s1. The van der Waals surface area contributed by atoms with Crippen LogP contribution in [0.1, 0.15) is 62.2 Å². The van der Waals surface area contributed by atoms with Gasteiger partial charge in [-0.3, -0.25) is 4.79 Å². The van der Waals surface area contributed by atoms with Crippen LogP contribution < -0.4 is 4.90 Å². The van der Waals surface area contributed by atoms with Gasteiger partial charge in [0, 0.05) is 49.3 Å². The van der Waals surface area contributed by atoms with E-state index >= 15 is 0 Å². The molecule has 1 saturated heterocycles. The van der Waals surface area contributed by atoms with Crippen molar-refractivity contribution in [3.05, 3.63) is 16.3 Å². The van der Waals surface area contributed by atoms with E-state index in [1.165, 1.54) is 22.2 Å². The van der Waals surface area contributed by atoms with Gasteiger partial charge in [-0.15, -0.1) is 22.9 Å². The van der Waals surface area contributed by atoms with Gasteiger partial charge in [0.2, 0.25) is 5.91 Å². The molecule has 0 N–H and O–H groups in total. The van der Waals surface area contributed by atoms with Crippen LogP contribution in [0.3, 0.4) is 0 Å². The second-order valence-electron chi connectivity index (χ2n) is 8.55. The molecule has 2 aromatic rings. The molecular formula is C22H31ClN4OS. The number of aromatic nitrogens is 2. The van der Waals surface area contributed by atoms with Crippen molar-refractivity contribution >= 4 is 44.9 Å². The molecule has 1 amide bonds. The number of carbonyl (C=O) groups is 1. The summed E-state index contributed by atoms with van der Waals surface area (Å²) >= 11 is 7.64. The van der Waals surface area contributed by atoms with E-state index < -0.39 is 0 Å². The molecule has 2 aliphatic rings. The molecule has 1 fully saturated rings.